The van der Waals surface area contributed by atoms with Crippen LogP contribution >= 0.6 is 11.8 Å². The Morgan fingerprint density at radius 2 is 2.31 bits per heavy atom. The number of pyridine rings is 1. The Bertz CT molecular complexity index is 353. The lowest BCUT2D eigenvalue weighted by atomic mass is 10.1. The molecule has 1 aromatic rings. The molecule has 0 spiro atoms. The number of aromatic nitrogens is 1. The van der Waals surface area contributed by atoms with Gasteiger partial charge in [-0.25, -0.2) is 9.78 Å². The molecule has 1 aromatic heterocycles. The summed E-state index contributed by atoms with van der Waals surface area (Å²) in [6, 6.07) is 3.25. The van der Waals surface area contributed by atoms with Crippen LogP contribution in [0.3, 0.4) is 0 Å². The Kier molecular flexibility index (Phi) is 5.32. The second-order valence-electron chi connectivity index (χ2n) is 4.05. The molecule has 0 amide bonds. The molecule has 0 aliphatic heterocycles. The van der Waals surface area contributed by atoms with Crippen molar-refractivity contribution < 1.29 is 9.90 Å². The molecule has 0 radical (unpaired) electrons. The van der Waals surface area contributed by atoms with Crippen molar-refractivity contribution in [1.82, 2.24) is 4.98 Å². The van der Waals surface area contributed by atoms with Crippen LogP contribution in [-0.4, -0.2) is 21.8 Å². The zero-order valence-electron chi connectivity index (χ0n) is 9.64. The smallest absolute Gasteiger partial charge is 0.338 e. The van der Waals surface area contributed by atoms with Crippen LogP contribution in [0.15, 0.2) is 23.4 Å². The topological polar surface area (TPSA) is 50.2 Å². The minimum atomic E-state index is -0.903. The molecule has 0 aliphatic rings. The fraction of sp³-hybridized carbons (Fsp3) is 0.500. The van der Waals surface area contributed by atoms with Crippen molar-refractivity contribution in [2.75, 3.05) is 5.75 Å². The normalized spacial score (nSPS) is 10.7. The van der Waals surface area contributed by atoms with Crippen LogP contribution in [0.2, 0.25) is 0 Å². The van der Waals surface area contributed by atoms with Crippen molar-refractivity contribution >= 4 is 17.7 Å². The van der Waals surface area contributed by atoms with E-state index in [0.29, 0.717) is 16.5 Å². The second-order valence-corrected chi connectivity index (χ2v) is 5.13. The van der Waals surface area contributed by atoms with Crippen LogP contribution in [-0.2, 0) is 0 Å². The molecule has 1 rings (SSSR count). The average Bonchev–Trinajstić information content (AvgIpc) is 2.24. The summed E-state index contributed by atoms with van der Waals surface area (Å²) < 4.78 is 0. The van der Waals surface area contributed by atoms with E-state index < -0.39 is 5.97 Å². The molecule has 0 atom stereocenters. The number of rotatable bonds is 6. The first kappa shape index (κ1) is 13.0. The quantitative estimate of drug-likeness (QED) is 0.611. The van der Waals surface area contributed by atoms with Crippen molar-refractivity contribution in [3.8, 4) is 0 Å². The molecule has 0 bridgehead atoms. The predicted molar refractivity (Wildman–Crippen MR) is 66.0 cm³/mol. The standard InChI is InChI=1S/C12H17NO2S/c1-9(2)5-4-8-16-11-10(12(14)15)6-3-7-13-11/h3,6-7,9H,4-5,8H2,1-2H3,(H,14,15). The maximum absolute atomic E-state index is 10.9. The summed E-state index contributed by atoms with van der Waals surface area (Å²) >= 11 is 1.53. The molecule has 0 aliphatic carbocycles. The van der Waals surface area contributed by atoms with Gasteiger partial charge in [0.1, 0.15) is 5.03 Å². The van der Waals surface area contributed by atoms with Crippen LogP contribution in [0.4, 0.5) is 0 Å². The van der Waals surface area contributed by atoms with Gasteiger partial charge in [0.25, 0.3) is 0 Å². The van der Waals surface area contributed by atoms with Gasteiger partial charge in [-0.15, -0.1) is 11.8 Å². The number of carboxylic acids is 1. The summed E-state index contributed by atoms with van der Waals surface area (Å²) in [6.45, 7) is 4.38. The zero-order valence-corrected chi connectivity index (χ0v) is 10.5. The van der Waals surface area contributed by atoms with E-state index >= 15 is 0 Å². The molecule has 0 saturated carbocycles. The molecule has 0 saturated heterocycles. The monoisotopic (exact) mass is 239 g/mol. The lowest BCUT2D eigenvalue weighted by molar-refractivity contribution is 0.0692. The van der Waals surface area contributed by atoms with Crippen molar-refractivity contribution in [2.24, 2.45) is 5.92 Å². The Balaban J connectivity index is 2.50. The highest BCUT2D eigenvalue weighted by atomic mass is 32.2. The number of thioether (sulfide) groups is 1. The highest BCUT2D eigenvalue weighted by Crippen LogP contribution is 2.21. The highest BCUT2D eigenvalue weighted by molar-refractivity contribution is 7.99. The molecular weight excluding hydrogens is 222 g/mol. The third kappa shape index (κ3) is 4.23. The van der Waals surface area contributed by atoms with E-state index in [2.05, 4.69) is 18.8 Å². The lowest BCUT2D eigenvalue weighted by Gasteiger charge is -2.05. The summed E-state index contributed by atoms with van der Waals surface area (Å²) in [6.07, 6.45) is 3.90. The maximum Gasteiger partial charge on any atom is 0.338 e. The van der Waals surface area contributed by atoms with Gasteiger partial charge >= 0.3 is 5.97 Å². The fourth-order valence-corrected chi connectivity index (χ4v) is 2.28. The second kappa shape index (κ2) is 6.53. The summed E-state index contributed by atoms with van der Waals surface area (Å²) in [4.78, 5) is 15.0. The number of carboxylic acid groups (broad SMARTS) is 1. The molecular formula is C12H17NO2S. The molecule has 0 fully saturated rings. The van der Waals surface area contributed by atoms with Gasteiger partial charge < -0.3 is 5.11 Å². The summed E-state index contributed by atoms with van der Waals surface area (Å²) in [5.74, 6) is 0.720. The zero-order chi connectivity index (χ0) is 12.0. The van der Waals surface area contributed by atoms with Crippen LogP contribution in [0.1, 0.15) is 37.0 Å². The van der Waals surface area contributed by atoms with Crippen molar-refractivity contribution in [2.45, 2.75) is 31.7 Å². The first-order chi connectivity index (χ1) is 7.61. The van der Waals surface area contributed by atoms with E-state index in [1.165, 1.54) is 18.2 Å². The van der Waals surface area contributed by atoms with E-state index in [9.17, 15) is 4.79 Å². The third-order valence-corrected chi connectivity index (χ3v) is 3.26. The van der Waals surface area contributed by atoms with Crippen molar-refractivity contribution in [3.63, 3.8) is 0 Å². The van der Waals surface area contributed by atoms with Gasteiger partial charge in [-0.05, 0) is 30.2 Å². The summed E-state index contributed by atoms with van der Waals surface area (Å²) in [5, 5.41) is 9.58. The molecule has 3 nitrogen and oxygen atoms in total. The van der Waals surface area contributed by atoms with Gasteiger partial charge in [0.15, 0.2) is 0 Å². The van der Waals surface area contributed by atoms with Gasteiger partial charge in [0.2, 0.25) is 0 Å². The Morgan fingerprint density at radius 1 is 1.56 bits per heavy atom. The Hall–Kier alpha value is -1.03. The van der Waals surface area contributed by atoms with Crippen molar-refractivity contribution in [3.05, 3.63) is 23.9 Å². The predicted octanol–water partition coefficient (Wildman–Crippen LogP) is 3.31. The highest BCUT2D eigenvalue weighted by Gasteiger charge is 2.10. The van der Waals surface area contributed by atoms with Crippen LogP contribution < -0.4 is 0 Å². The third-order valence-electron chi connectivity index (χ3n) is 2.17. The number of hydrogen-bond donors (Lipinski definition) is 1. The van der Waals surface area contributed by atoms with Gasteiger partial charge in [0.05, 0.1) is 5.56 Å². The number of hydrogen-bond acceptors (Lipinski definition) is 3. The van der Waals surface area contributed by atoms with Crippen LogP contribution in [0.25, 0.3) is 0 Å². The molecule has 0 aromatic carbocycles. The fourth-order valence-electron chi connectivity index (χ4n) is 1.33. The first-order valence-electron chi connectivity index (χ1n) is 5.42. The number of aromatic carboxylic acids is 1. The number of nitrogens with zero attached hydrogens (tertiary/aromatic N) is 1. The molecule has 88 valence electrons. The largest absolute Gasteiger partial charge is 0.478 e. The molecule has 4 heteroatoms. The van der Waals surface area contributed by atoms with Gasteiger partial charge in [-0.1, -0.05) is 20.3 Å². The van der Waals surface area contributed by atoms with Gasteiger partial charge in [0, 0.05) is 6.20 Å². The lowest BCUT2D eigenvalue weighted by Crippen LogP contribution is -2.00. The van der Waals surface area contributed by atoms with E-state index in [-0.39, 0.29) is 0 Å². The molecule has 1 heterocycles. The average molecular weight is 239 g/mol. The van der Waals surface area contributed by atoms with Crippen LogP contribution in [0.5, 0.6) is 0 Å². The summed E-state index contributed by atoms with van der Waals surface area (Å²) in [5.41, 5.74) is 0.303. The molecule has 0 unspecified atom stereocenters. The summed E-state index contributed by atoms with van der Waals surface area (Å²) in [7, 11) is 0. The van der Waals surface area contributed by atoms with Crippen LogP contribution in [0, 0.1) is 5.92 Å². The van der Waals surface area contributed by atoms with Crippen molar-refractivity contribution in [1.29, 1.82) is 0 Å². The molecule has 1 N–H and O–H groups in total. The maximum atomic E-state index is 10.9. The number of carbonyl (C=O) groups is 1. The van der Waals surface area contributed by atoms with E-state index in [0.717, 1.165) is 12.2 Å². The van der Waals surface area contributed by atoms with Gasteiger partial charge in [-0.3, -0.25) is 0 Å². The minimum Gasteiger partial charge on any atom is -0.478 e. The SMILES string of the molecule is CC(C)CCCSc1ncccc1C(=O)O. The van der Waals surface area contributed by atoms with Gasteiger partial charge in [-0.2, -0.15) is 0 Å². The van der Waals surface area contributed by atoms with E-state index in [4.69, 9.17) is 5.11 Å². The Labute approximate surface area is 100 Å². The van der Waals surface area contributed by atoms with E-state index in [1.54, 1.807) is 18.3 Å². The molecule has 16 heavy (non-hydrogen) atoms. The van der Waals surface area contributed by atoms with E-state index in [1.807, 2.05) is 0 Å². The Morgan fingerprint density at radius 3 is 2.94 bits per heavy atom. The first-order valence-corrected chi connectivity index (χ1v) is 6.41. The minimum absolute atomic E-state index is 0.303.